The second-order valence-electron chi connectivity index (χ2n) is 12.9. The molecule has 0 fully saturated rings. The average Bonchev–Trinajstić information content (AvgIpc) is 3.84. The molecule has 234 valence electrons. The molecule has 8 aromatic carbocycles. The second kappa shape index (κ2) is 10.8. The molecular weight excluding hydrogens is 645 g/mol. The first-order valence-corrected chi connectivity index (χ1v) is 18.6. The smallest absolute Gasteiger partial charge is 0.0633 e. The molecule has 3 heterocycles. The summed E-state index contributed by atoms with van der Waals surface area (Å²) in [6, 6.07) is 62.5. The van der Waals surface area contributed by atoms with E-state index in [4.69, 9.17) is 0 Å². The molecule has 0 atom stereocenters. The second-order valence-corrected chi connectivity index (χ2v) is 15.1. The predicted molar refractivity (Wildman–Crippen MR) is 219 cm³/mol. The number of aromatic nitrogens is 1. The quantitative estimate of drug-likeness (QED) is 0.181. The van der Waals surface area contributed by atoms with Crippen molar-refractivity contribution in [1.29, 1.82) is 0 Å². The molecule has 4 heteroatoms. The van der Waals surface area contributed by atoms with Gasteiger partial charge in [0, 0.05) is 67.9 Å². The van der Waals surface area contributed by atoms with Crippen LogP contribution in [-0.2, 0) is 0 Å². The normalized spacial score (nSPS) is 12.0. The van der Waals surface area contributed by atoms with E-state index in [1.165, 1.54) is 90.0 Å². The summed E-state index contributed by atoms with van der Waals surface area (Å²) in [7, 11) is 0. The number of nitrogens with zero attached hydrogens (tertiary/aromatic N) is 2. The van der Waals surface area contributed by atoms with Crippen molar-refractivity contribution < 1.29 is 0 Å². The minimum absolute atomic E-state index is 1.14. The Morgan fingerprint density at radius 3 is 1.84 bits per heavy atom. The first-order chi connectivity index (χ1) is 24.8. The SMILES string of the molecule is c1ccc(-n2c3ccccc3c3cc(N(c4cccc5sc6ccccc6c45)c4c5ccccc5cc5sc6ccccc6c45)ccc32)cc1. The van der Waals surface area contributed by atoms with Gasteiger partial charge in [0.25, 0.3) is 0 Å². The van der Waals surface area contributed by atoms with Crippen LogP contribution in [0.3, 0.4) is 0 Å². The number of fused-ring (bicyclic) bond motifs is 10. The molecule has 0 saturated heterocycles. The lowest BCUT2D eigenvalue weighted by Crippen LogP contribution is -2.11. The summed E-state index contributed by atoms with van der Waals surface area (Å²) in [5.74, 6) is 0. The summed E-state index contributed by atoms with van der Waals surface area (Å²) in [5, 5.41) is 10.1. The molecule has 3 aromatic heterocycles. The van der Waals surface area contributed by atoms with Crippen LogP contribution in [0.1, 0.15) is 0 Å². The van der Waals surface area contributed by atoms with E-state index in [0.29, 0.717) is 0 Å². The molecule has 11 aromatic rings. The van der Waals surface area contributed by atoms with E-state index < -0.39 is 0 Å². The van der Waals surface area contributed by atoms with Crippen LogP contribution in [0.5, 0.6) is 0 Å². The molecule has 0 saturated carbocycles. The van der Waals surface area contributed by atoms with Gasteiger partial charge >= 0.3 is 0 Å². The van der Waals surface area contributed by atoms with Gasteiger partial charge in [0.05, 0.1) is 22.4 Å². The van der Waals surface area contributed by atoms with Crippen molar-refractivity contribution in [1.82, 2.24) is 4.57 Å². The maximum Gasteiger partial charge on any atom is 0.0633 e. The highest BCUT2D eigenvalue weighted by Crippen LogP contribution is 2.52. The molecule has 0 radical (unpaired) electrons. The fourth-order valence-electron chi connectivity index (χ4n) is 8.04. The zero-order valence-electron chi connectivity index (χ0n) is 26.9. The van der Waals surface area contributed by atoms with Crippen molar-refractivity contribution in [2.24, 2.45) is 0 Å². The molecule has 0 spiro atoms. The number of thiophene rings is 2. The number of benzene rings is 8. The third-order valence-electron chi connectivity index (χ3n) is 10.1. The van der Waals surface area contributed by atoms with E-state index in [2.05, 4.69) is 179 Å². The van der Waals surface area contributed by atoms with Crippen LogP contribution in [0.25, 0.3) is 78.6 Å². The molecule has 0 unspecified atom stereocenters. The summed E-state index contributed by atoms with van der Waals surface area (Å²) in [5.41, 5.74) is 7.13. The summed E-state index contributed by atoms with van der Waals surface area (Å²) in [6.45, 7) is 0. The van der Waals surface area contributed by atoms with Gasteiger partial charge in [0.1, 0.15) is 0 Å². The molecule has 0 aliphatic carbocycles. The number of rotatable bonds is 4. The maximum absolute atomic E-state index is 2.57. The van der Waals surface area contributed by atoms with Crippen molar-refractivity contribution in [3.63, 3.8) is 0 Å². The summed E-state index contributed by atoms with van der Waals surface area (Å²) in [6.07, 6.45) is 0. The van der Waals surface area contributed by atoms with Crippen LogP contribution < -0.4 is 4.90 Å². The van der Waals surface area contributed by atoms with Gasteiger partial charge in [-0.25, -0.2) is 0 Å². The number of para-hydroxylation sites is 2. The van der Waals surface area contributed by atoms with Gasteiger partial charge < -0.3 is 9.47 Å². The topological polar surface area (TPSA) is 8.17 Å². The van der Waals surface area contributed by atoms with E-state index in [1.54, 1.807) is 0 Å². The van der Waals surface area contributed by atoms with Gasteiger partial charge in [-0.3, -0.25) is 0 Å². The molecule has 0 bridgehead atoms. The average molecular weight is 673 g/mol. The van der Waals surface area contributed by atoms with E-state index in [0.717, 1.165) is 5.69 Å². The fourth-order valence-corrected chi connectivity index (χ4v) is 10.3. The van der Waals surface area contributed by atoms with Gasteiger partial charge in [-0.1, -0.05) is 103 Å². The van der Waals surface area contributed by atoms with Crippen molar-refractivity contribution in [3.8, 4) is 5.69 Å². The van der Waals surface area contributed by atoms with Crippen molar-refractivity contribution in [2.75, 3.05) is 4.90 Å². The zero-order chi connectivity index (χ0) is 32.8. The molecule has 0 amide bonds. The lowest BCUT2D eigenvalue weighted by atomic mass is 9.99. The Kier molecular flexibility index (Phi) is 6.03. The van der Waals surface area contributed by atoms with E-state index >= 15 is 0 Å². The Bertz CT molecular complexity index is 3110. The van der Waals surface area contributed by atoms with Gasteiger partial charge in [0.2, 0.25) is 0 Å². The highest BCUT2D eigenvalue weighted by molar-refractivity contribution is 7.26. The van der Waals surface area contributed by atoms with Crippen molar-refractivity contribution >= 4 is 113 Å². The zero-order valence-corrected chi connectivity index (χ0v) is 28.5. The largest absolute Gasteiger partial charge is 0.309 e. The third-order valence-corrected chi connectivity index (χ3v) is 12.4. The molecule has 0 aliphatic heterocycles. The van der Waals surface area contributed by atoms with Crippen LogP contribution in [0.15, 0.2) is 170 Å². The minimum Gasteiger partial charge on any atom is -0.309 e. The summed E-state index contributed by atoms with van der Waals surface area (Å²) in [4.78, 5) is 2.57. The molecule has 0 aliphatic rings. The van der Waals surface area contributed by atoms with Gasteiger partial charge in [-0.05, 0) is 72.1 Å². The lowest BCUT2D eigenvalue weighted by molar-refractivity contribution is 1.18. The van der Waals surface area contributed by atoms with E-state index in [-0.39, 0.29) is 0 Å². The Labute approximate surface area is 296 Å². The lowest BCUT2D eigenvalue weighted by Gasteiger charge is -2.29. The molecule has 2 nitrogen and oxygen atoms in total. The van der Waals surface area contributed by atoms with Crippen LogP contribution in [0.2, 0.25) is 0 Å². The number of anilines is 3. The highest BCUT2D eigenvalue weighted by atomic mass is 32.1. The standard InChI is InChI=1S/C46H28N2S2/c1-2-14-30(15-3-1)47-37-20-9-6-17-33(37)36-28-31(25-26-38(36)47)48(39-21-12-24-42-44(39)34-18-7-10-22-40(34)49-42)46-32-16-5-4-13-29(32)27-43-45(46)35-19-8-11-23-41(35)50-43/h1-28H. The van der Waals surface area contributed by atoms with Crippen LogP contribution in [-0.4, -0.2) is 4.57 Å². The Hall–Kier alpha value is -5.94. The van der Waals surface area contributed by atoms with Crippen molar-refractivity contribution in [2.45, 2.75) is 0 Å². The Balaban J connectivity index is 1.31. The summed E-state index contributed by atoms with van der Waals surface area (Å²) >= 11 is 3.76. The van der Waals surface area contributed by atoms with Gasteiger partial charge in [-0.2, -0.15) is 0 Å². The van der Waals surface area contributed by atoms with Crippen molar-refractivity contribution in [3.05, 3.63) is 170 Å². The monoisotopic (exact) mass is 672 g/mol. The predicted octanol–water partition coefficient (Wildman–Crippen LogP) is 14.1. The Morgan fingerprint density at radius 1 is 0.400 bits per heavy atom. The van der Waals surface area contributed by atoms with E-state index in [9.17, 15) is 0 Å². The molecule has 50 heavy (non-hydrogen) atoms. The molecular formula is C46H28N2S2. The summed E-state index contributed by atoms with van der Waals surface area (Å²) < 4.78 is 7.60. The molecule has 11 rings (SSSR count). The van der Waals surface area contributed by atoms with Crippen LogP contribution in [0.4, 0.5) is 17.1 Å². The highest BCUT2D eigenvalue weighted by Gasteiger charge is 2.25. The first kappa shape index (κ1) is 28.0. The Morgan fingerprint density at radius 2 is 1.02 bits per heavy atom. The number of hydrogen-bond acceptors (Lipinski definition) is 3. The fraction of sp³-hybridized carbons (Fsp3) is 0. The first-order valence-electron chi connectivity index (χ1n) is 16.9. The molecule has 0 N–H and O–H groups in total. The van der Waals surface area contributed by atoms with Crippen LogP contribution in [0, 0.1) is 0 Å². The van der Waals surface area contributed by atoms with Gasteiger partial charge in [0.15, 0.2) is 0 Å². The third kappa shape index (κ3) is 4.01. The van der Waals surface area contributed by atoms with Gasteiger partial charge in [-0.15, -0.1) is 22.7 Å². The maximum atomic E-state index is 2.57. The van der Waals surface area contributed by atoms with E-state index in [1.807, 2.05) is 22.7 Å². The number of hydrogen-bond donors (Lipinski definition) is 0. The minimum atomic E-state index is 1.14. The van der Waals surface area contributed by atoms with Crippen LogP contribution >= 0.6 is 22.7 Å².